The second kappa shape index (κ2) is 13.1. The fourth-order valence-corrected chi connectivity index (χ4v) is 5.83. The van der Waals surface area contributed by atoms with Crippen LogP contribution in [0.4, 0.5) is 5.69 Å². The number of carbonyl (C=O) groups excluding carboxylic acids is 2. The summed E-state index contributed by atoms with van der Waals surface area (Å²) in [4.78, 5) is 28.3. The first-order chi connectivity index (χ1) is 18.1. The molecule has 10 heteroatoms. The standard InChI is InChI=1S/C28H31Cl2N3O4S/c1-4-26(28(35)31-5-2)32(18-21-11-9-10-20(3)16-21)27(34)19-33(22-14-15-24(29)25(30)17-22)38(36,37)23-12-7-6-8-13-23/h6-17,26H,4-5,18-19H2,1-3H3,(H,31,35). The fraction of sp³-hybridized carbons (Fsp3) is 0.286. The van der Waals surface area contributed by atoms with Gasteiger partial charge >= 0.3 is 0 Å². The highest BCUT2D eigenvalue weighted by atomic mass is 35.5. The summed E-state index contributed by atoms with van der Waals surface area (Å²) in [5.41, 5.74) is 2.01. The number of rotatable bonds is 11. The molecule has 0 radical (unpaired) electrons. The lowest BCUT2D eigenvalue weighted by molar-refractivity contribution is -0.140. The van der Waals surface area contributed by atoms with Gasteiger partial charge in [-0.15, -0.1) is 0 Å². The molecule has 3 aromatic carbocycles. The number of sulfonamides is 1. The first-order valence-electron chi connectivity index (χ1n) is 12.2. The maximum absolute atomic E-state index is 13.9. The summed E-state index contributed by atoms with van der Waals surface area (Å²) < 4.78 is 28.5. The molecule has 0 aromatic heterocycles. The van der Waals surface area contributed by atoms with Gasteiger partial charge in [0.1, 0.15) is 12.6 Å². The predicted molar refractivity (Wildman–Crippen MR) is 152 cm³/mol. The van der Waals surface area contributed by atoms with Gasteiger partial charge in [-0.25, -0.2) is 8.42 Å². The van der Waals surface area contributed by atoms with E-state index in [9.17, 15) is 18.0 Å². The molecule has 0 heterocycles. The molecule has 202 valence electrons. The lowest BCUT2D eigenvalue weighted by atomic mass is 10.1. The zero-order chi connectivity index (χ0) is 27.9. The van der Waals surface area contributed by atoms with Crippen molar-refractivity contribution in [3.63, 3.8) is 0 Å². The number of anilines is 1. The van der Waals surface area contributed by atoms with Gasteiger partial charge in [0.25, 0.3) is 10.0 Å². The Morgan fingerprint density at radius 3 is 2.24 bits per heavy atom. The van der Waals surface area contributed by atoms with Crippen molar-refractivity contribution < 1.29 is 18.0 Å². The highest BCUT2D eigenvalue weighted by Crippen LogP contribution is 2.31. The maximum Gasteiger partial charge on any atom is 0.264 e. The third kappa shape index (κ3) is 7.07. The minimum Gasteiger partial charge on any atom is -0.355 e. The summed E-state index contributed by atoms with van der Waals surface area (Å²) in [5.74, 6) is -0.835. The first-order valence-corrected chi connectivity index (χ1v) is 14.4. The number of hydrogen-bond donors (Lipinski definition) is 1. The van der Waals surface area contributed by atoms with Crippen molar-refractivity contribution in [1.29, 1.82) is 0 Å². The van der Waals surface area contributed by atoms with E-state index in [1.54, 1.807) is 25.1 Å². The van der Waals surface area contributed by atoms with Gasteiger partial charge in [-0.05, 0) is 56.2 Å². The second-order valence-electron chi connectivity index (χ2n) is 8.75. The molecule has 38 heavy (non-hydrogen) atoms. The zero-order valence-corrected chi connectivity index (χ0v) is 23.9. The van der Waals surface area contributed by atoms with E-state index in [2.05, 4.69) is 5.32 Å². The summed E-state index contributed by atoms with van der Waals surface area (Å²) in [7, 11) is -4.17. The van der Waals surface area contributed by atoms with Crippen LogP contribution in [0.1, 0.15) is 31.4 Å². The quantitative estimate of drug-likeness (QED) is 0.330. The molecule has 1 unspecified atom stereocenters. The Morgan fingerprint density at radius 2 is 1.63 bits per heavy atom. The Bertz CT molecular complexity index is 1380. The van der Waals surface area contributed by atoms with E-state index >= 15 is 0 Å². The van der Waals surface area contributed by atoms with Gasteiger partial charge in [-0.3, -0.25) is 13.9 Å². The molecule has 0 saturated carbocycles. The van der Waals surface area contributed by atoms with E-state index in [0.29, 0.717) is 13.0 Å². The minimum atomic E-state index is -4.17. The molecule has 3 rings (SSSR count). The number of halogens is 2. The second-order valence-corrected chi connectivity index (χ2v) is 11.4. The summed E-state index contributed by atoms with van der Waals surface area (Å²) in [6.45, 7) is 5.55. The van der Waals surface area contributed by atoms with Crippen molar-refractivity contribution in [2.24, 2.45) is 0 Å². The first kappa shape index (κ1) is 29.5. The molecule has 0 saturated heterocycles. The van der Waals surface area contributed by atoms with Crippen LogP contribution < -0.4 is 9.62 Å². The van der Waals surface area contributed by atoms with E-state index in [-0.39, 0.29) is 33.1 Å². The third-order valence-electron chi connectivity index (χ3n) is 5.97. The molecule has 3 aromatic rings. The van der Waals surface area contributed by atoms with Crippen LogP contribution in [0.2, 0.25) is 10.0 Å². The number of benzene rings is 3. The van der Waals surface area contributed by atoms with Crippen molar-refractivity contribution in [1.82, 2.24) is 10.2 Å². The van der Waals surface area contributed by atoms with Gasteiger partial charge in [-0.1, -0.05) is 78.2 Å². The highest BCUT2D eigenvalue weighted by Gasteiger charge is 2.33. The molecule has 2 amide bonds. The van der Waals surface area contributed by atoms with Crippen molar-refractivity contribution in [3.05, 3.63) is 94.0 Å². The highest BCUT2D eigenvalue weighted by molar-refractivity contribution is 7.92. The zero-order valence-electron chi connectivity index (χ0n) is 21.5. The molecule has 0 aliphatic rings. The van der Waals surface area contributed by atoms with E-state index < -0.39 is 28.5 Å². The van der Waals surface area contributed by atoms with Crippen LogP contribution in [0.25, 0.3) is 0 Å². The molecule has 7 nitrogen and oxygen atoms in total. The van der Waals surface area contributed by atoms with Gasteiger partial charge in [0.15, 0.2) is 0 Å². The lowest BCUT2D eigenvalue weighted by Gasteiger charge is -2.33. The molecule has 0 aliphatic carbocycles. The lowest BCUT2D eigenvalue weighted by Crippen LogP contribution is -2.52. The average Bonchev–Trinajstić information content (AvgIpc) is 2.89. The molecule has 0 spiro atoms. The van der Waals surface area contributed by atoms with Crippen LogP contribution in [-0.2, 0) is 26.2 Å². The summed E-state index contributed by atoms with van der Waals surface area (Å²) >= 11 is 12.3. The van der Waals surface area contributed by atoms with Crippen LogP contribution in [0.3, 0.4) is 0 Å². The Balaban J connectivity index is 2.07. The molecular formula is C28H31Cl2N3O4S. The largest absolute Gasteiger partial charge is 0.355 e. The van der Waals surface area contributed by atoms with Crippen molar-refractivity contribution in [3.8, 4) is 0 Å². The van der Waals surface area contributed by atoms with E-state index in [0.717, 1.165) is 15.4 Å². The fourth-order valence-electron chi connectivity index (χ4n) is 4.11. The number of amides is 2. The number of likely N-dealkylation sites (N-methyl/N-ethyl adjacent to an activating group) is 1. The third-order valence-corrected chi connectivity index (χ3v) is 8.50. The molecular weight excluding hydrogens is 545 g/mol. The SMILES string of the molecule is CCNC(=O)C(CC)N(Cc1cccc(C)c1)C(=O)CN(c1ccc(Cl)c(Cl)c1)S(=O)(=O)c1ccccc1. The Morgan fingerprint density at radius 1 is 0.921 bits per heavy atom. The van der Waals surface area contributed by atoms with E-state index in [4.69, 9.17) is 23.2 Å². The van der Waals surface area contributed by atoms with Gasteiger partial charge in [-0.2, -0.15) is 0 Å². The van der Waals surface area contributed by atoms with E-state index in [1.807, 2.05) is 38.1 Å². The Kier molecular flexibility index (Phi) is 10.2. The van der Waals surface area contributed by atoms with Crippen LogP contribution in [0.5, 0.6) is 0 Å². The summed E-state index contributed by atoms with van der Waals surface area (Å²) in [5, 5.41) is 3.19. The monoisotopic (exact) mass is 575 g/mol. The minimum absolute atomic E-state index is 0.0138. The Labute approximate surface area is 234 Å². The predicted octanol–water partition coefficient (Wildman–Crippen LogP) is 5.44. The van der Waals surface area contributed by atoms with Crippen LogP contribution in [0.15, 0.2) is 77.7 Å². The van der Waals surface area contributed by atoms with E-state index in [1.165, 1.54) is 35.2 Å². The normalized spacial score (nSPS) is 12.0. The summed E-state index contributed by atoms with van der Waals surface area (Å²) in [6, 6.07) is 19.0. The number of aryl methyl sites for hydroxylation is 1. The molecule has 0 fully saturated rings. The average molecular weight is 577 g/mol. The number of hydrogen-bond acceptors (Lipinski definition) is 4. The number of nitrogens with zero attached hydrogens (tertiary/aromatic N) is 2. The van der Waals surface area contributed by atoms with Gasteiger partial charge in [0, 0.05) is 13.1 Å². The Hall–Kier alpha value is -3.07. The van der Waals surface area contributed by atoms with Crippen LogP contribution >= 0.6 is 23.2 Å². The number of carbonyl (C=O) groups is 2. The molecule has 1 atom stereocenters. The van der Waals surface area contributed by atoms with Crippen LogP contribution in [0, 0.1) is 6.92 Å². The summed E-state index contributed by atoms with van der Waals surface area (Å²) in [6.07, 6.45) is 0.349. The van der Waals surface area contributed by atoms with Gasteiger partial charge in [0.2, 0.25) is 11.8 Å². The van der Waals surface area contributed by atoms with Crippen molar-refractivity contribution >= 4 is 50.7 Å². The maximum atomic E-state index is 13.9. The number of nitrogens with one attached hydrogen (secondary N) is 1. The molecule has 0 aliphatic heterocycles. The molecule has 0 bridgehead atoms. The smallest absolute Gasteiger partial charge is 0.264 e. The van der Waals surface area contributed by atoms with Gasteiger partial charge < -0.3 is 10.2 Å². The van der Waals surface area contributed by atoms with Gasteiger partial charge in [0.05, 0.1) is 20.6 Å². The molecule has 1 N–H and O–H groups in total. The van der Waals surface area contributed by atoms with Crippen LogP contribution in [-0.4, -0.2) is 44.3 Å². The van der Waals surface area contributed by atoms with Crippen molar-refractivity contribution in [2.75, 3.05) is 17.4 Å². The van der Waals surface area contributed by atoms with Crippen molar-refractivity contribution in [2.45, 2.75) is 44.7 Å². The topological polar surface area (TPSA) is 86.8 Å².